The first-order valence-corrected chi connectivity index (χ1v) is 7.53. The van der Waals surface area contributed by atoms with Gasteiger partial charge in [0.05, 0.1) is 6.54 Å². The summed E-state index contributed by atoms with van der Waals surface area (Å²) in [4.78, 5) is 12.3. The summed E-state index contributed by atoms with van der Waals surface area (Å²) in [5, 5.41) is 6.88. The Morgan fingerprint density at radius 2 is 2.00 bits per heavy atom. The van der Waals surface area contributed by atoms with Crippen molar-refractivity contribution < 1.29 is 18.3 Å². The summed E-state index contributed by atoms with van der Waals surface area (Å²) in [6.45, 7) is -2.36. The third kappa shape index (κ3) is 4.63. The van der Waals surface area contributed by atoms with E-state index >= 15 is 0 Å². The number of rotatable bonds is 6. The molecule has 1 amide bonds. The van der Waals surface area contributed by atoms with Crippen LogP contribution in [0.4, 0.5) is 14.5 Å². The highest BCUT2D eigenvalue weighted by atomic mass is 19.3. The first-order chi connectivity index (χ1) is 12.1. The molecule has 0 unspecified atom stereocenters. The number of benzene rings is 2. The number of nitrogens with zero attached hydrogens (tertiary/aromatic N) is 2. The van der Waals surface area contributed by atoms with Crippen molar-refractivity contribution in [2.24, 2.45) is 0 Å². The van der Waals surface area contributed by atoms with Crippen molar-refractivity contribution in [2.45, 2.75) is 13.2 Å². The third-order valence-corrected chi connectivity index (χ3v) is 3.41. The Hall–Kier alpha value is -3.22. The van der Waals surface area contributed by atoms with Crippen molar-refractivity contribution in [3.63, 3.8) is 0 Å². The van der Waals surface area contributed by atoms with Crippen LogP contribution in [0.1, 0.15) is 15.9 Å². The topological polar surface area (TPSA) is 56.2 Å². The van der Waals surface area contributed by atoms with Crippen molar-refractivity contribution in [2.75, 3.05) is 5.32 Å². The highest BCUT2D eigenvalue weighted by molar-refractivity contribution is 6.04. The smallest absolute Gasteiger partial charge is 0.387 e. The maximum Gasteiger partial charge on any atom is 0.387 e. The van der Waals surface area contributed by atoms with Gasteiger partial charge >= 0.3 is 6.61 Å². The van der Waals surface area contributed by atoms with E-state index in [0.717, 1.165) is 5.56 Å². The van der Waals surface area contributed by atoms with Crippen molar-refractivity contribution in [3.8, 4) is 5.75 Å². The van der Waals surface area contributed by atoms with Gasteiger partial charge in [0.25, 0.3) is 5.91 Å². The van der Waals surface area contributed by atoms with E-state index < -0.39 is 12.5 Å². The van der Waals surface area contributed by atoms with E-state index in [1.54, 1.807) is 16.9 Å². The Morgan fingerprint density at radius 1 is 1.16 bits per heavy atom. The van der Waals surface area contributed by atoms with Gasteiger partial charge in [-0.3, -0.25) is 9.48 Å². The molecular weight excluding hydrogens is 328 g/mol. The second-order valence-electron chi connectivity index (χ2n) is 5.26. The van der Waals surface area contributed by atoms with Crippen LogP contribution in [-0.2, 0) is 6.54 Å². The van der Waals surface area contributed by atoms with Crippen LogP contribution >= 0.6 is 0 Å². The molecule has 0 atom stereocenters. The molecule has 0 saturated carbocycles. The number of alkyl halides is 2. The van der Waals surface area contributed by atoms with Gasteiger partial charge in [0.1, 0.15) is 5.75 Å². The van der Waals surface area contributed by atoms with Gasteiger partial charge in [0.2, 0.25) is 0 Å². The van der Waals surface area contributed by atoms with Gasteiger partial charge in [-0.05, 0) is 42.0 Å². The lowest BCUT2D eigenvalue weighted by molar-refractivity contribution is -0.0498. The van der Waals surface area contributed by atoms with Crippen molar-refractivity contribution in [1.82, 2.24) is 9.78 Å². The van der Waals surface area contributed by atoms with E-state index in [1.165, 1.54) is 24.3 Å². The normalized spacial score (nSPS) is 10.7. The molecule has 0 aliphatic heterocycles. The van der Waals surface area contributed by atoms with E-state index in [4.69, 9.17) is 0 Å². The molecule has 0 bridgehead atoms. The molecule has 0 fully saturated rings. The zero-order valence-electron chi connectivity index (χ0n) is 13.1. The minimum absolute atomic E-state index is 0.0601. The van der Waals surface area contributed by atoms with Crippen LogP contribution in [0.3, 0.4) is 0 Å². The van der Waals surface area contributed by atoms with Crippen LogP contribution < -0.4 is 10.1 Å². The summed E-state index contributed by atoms with van der Waals surface area (Å²) in [6, 6.07) is 14.8. The average Bonchev–Trinajstić information content (AvgIpc) is 3.08. The van der Waals surface area contributed by atoms with Crippen LogP contribution in [0.5, 0.6) is 5.75 Å². The Balaban J connectivity index is 1.70. The number of aromatic nitrogens is 2. The molecule has 1 N–H and O–H groups in total. The van der Waals surface area contributed by atoms with Crippen LogP contribution in [0.2, 0.25) is 0 Å². The van der Waals surface area contributed by atoms with E-state index in [-0.39, 0.29) is 11.3 Å². The molecule has 2 aromatic carbocycles. The predicted molar refractivity (Wildman–Crippen MR) is 88.8 cm³/mol. The lowest BCUT2D eigenvalue weighted by Crippen LogP contribution is -2.12. The van der Waals surface area contributed by atoms with Gasteiger partial charge in [0, 0.05) is 23.6 Å². The number of halogens is 2. The molecule has 3 rings (SSSR count). The van der Waals surface area contributed by atoms with E-state index in [2.05, 4.69) is 15.2 Å². The Labute approximate surface area is 142 Å². The lowest BCUT2D eigenvalue weighted by atomic mass is 10.1. The van der Waals surface area contributed by atoms with E-state index in [1.807, 2.05) is 30.5 Å². The van der Waals surface area contributed by atoms with Gasteiger partial charge < -0.3 is 10.1 Å². The summed E-state index contributed by atoms with van der Waals surface area (Å²) < 4.78 is 30.6. The summed E-state index contributed by atoms with van der Waals surface area (Å²) >= 11 is 0. The molecule has 5 nitrogen and oxygen atoms in total. The van der Waals surface area contributed by atoms with Gasteiger partial charge in [-0.1, -0.05) is 18.2 Å². The molecule has 128 valence electrons. The molecule has 3 aromatic rings. The number of anilines is 1. The van der Waals surface area contributed by atoms with Gasteiger partial charge in [0.15, 0.2) is 0 Å². The number of nitrogens with one attached hydrogen (secondary N) is 1. The highest BCUT2D eigenvalue weighted by Crippen LogP contribution is 2.18. The first kappa shape index (κ1) is 16.6. The molecule has 7 heteroatoms. The number of hydrogen-bond acceptors (Lipinski definition) is 3. The summed E-state index contributed by atoms with van der Waals surface area (Å²) in [5.41, 5.74) is 1.81. The van der Waals surface area contributed by atoms with Crippen LogP contribution in [0, 0.1) is 0 Å². The molecule has 0 aliphatic carbocycles. The quantitative estimate of drug-likeness (QED) is 0.741. The van der Waals surface area contributed by atoms with Crippen LogP contribution in [-0.4, -0.2) is 22.3 Å². The van der Waals surface area contributed by atoms with Crippen molar-refractivity contribution >= 4 is 11.6 Å². The maximum absolute atomic E-state index is 12.3. The maximum atomic E-state index is 12.3. The van der Waals surface area contributed by atoms with Crippen molar-refractivity contribution in [3.05, 3.63) is 78.1 Å². The number of hydrogen-bond donors (Lipinski definition) is 1. The van der Waals surface area contributed by atoms with E-state index in [0.29, 0.717) is 12.2 Å². The fraction of sp³-hybridized carbons (Fsp3) is 0.111. The fourth-order valence-corrected chi connectivity index (χ4v) is 2.35. The van der Waals surface area contributed by atoms with Crippen molar-refractivity contribution in [1.29, 1.82) is 0 Å². The largest absolute Gasteiger partial charge is 0.435 e. The average molecular weight is 343 g/mol. The fourth-order valence-electron chi connectivity index (χ4n) is 2.35. The number of ether oxygens (including phenoxy) is 1. The van der Waals surface area contributed by atoms with Gasteiger partial charge in [-0.25, -0.2) is 0 Å². The second-order valence-corrected chi connectivity index (χ2v) is 5.26. The van der Waals surface area contributed by atoms with E-state index in [9.17, 15) is 13.6 Å². The standard InChI is InChI=1S/C18H15F2N3O2/c19-18(20)25-16-7-2-5-14(11-16)17(24)22-15-6-1-4-13(10-15)12-23-9-3-8-21-23/h1-11,18H,12H2,(H,22,24). The molecule has 0 spiro atoms. The number of carbonyl (C=O) groups is 1. The zero-order valence-corrected chi connectivity index (χ0v) is 13.1. The van der Waals surface area contributed by atoms with Gasteiger partial charge in [-0.2, -0.15) is 13.9 Å². The minimum atomic E-state index is -2.93. The monoisotopic (exact) mass is 343 g/mol. The van der Waals surface area contributed by atoms with Gasteiger partial charge in [-0.15, -0.1) is 0 Å². The molecule has 1 heterocycles. The van der Waals surface area contributed by atoms with Crippen LogP contribution in [0.15, 0.2) is 67.0 Å². The molecule has 0 aliphatic rings. The number of amides is 1. The molecule has 25 heavy (non-hydrogen) atoms. The summed E-state index contributed by atoms with van der Waals surface area (Å²) in [6.07, 6.45) is 3.54. The minimum Gasteiger partial charge on any atom is -0.435 e. The Kier molecular flexibility index (Phi) is 5.03. The Bertz CT molecular complexity index is 851. The molecule has 0 saturated heterocycles. The molecular formula is C18H15F2N3O2. The second kappa shape index (κ2) is 7.57. The molecule has 1 aromatic heterocycles. The summed E-state index contributed by atoms with van der Waals surface area (Å²) in [7, 11) is 0. The van der Waals surface area contributed by atoms with Crippen LogP contribution in [0.25, 0.3) is 0 Å². The SMILES string of the molecule is O=C(Nc1cccc(Cn2cccn2)c1)c1cccc(OC(F)F)c1. The third-order valence-electron chi connectivity index (χ3n) is 3.41. The summed E-state index contributed by atoms with van der Waals surface area (Å²) in [5.74, 6) is -0.467. The lowest BCUT2D eigenvalue weighted by Gasteiger charge is -2.09. The zero-order chi connectivity index (χ0) is 17.6. The Morgan fingerprint density at radius 3 is 2.76 bits per heavy atom. The molecule has 0 radical (unpaired) electrons. The first-order valence-electron chi connectivity index (χ1n) is 7.53. The highest BCUT2D eigenvalue weighted by Gasteiger charge is 2.10. The number of carbonyl (C=O) groups excluding carboxylic acids is 1. The predicted octanol–water partition coefficient (Wildman–Crippen LogP) is 3.79.